The summed E-state index contributed by atoms with van der Waals surface area (Å²) in [6, 6.07) is 25.5. The van der Waals surface area contributed by atoms with E-state index >= 15 is 0 Å². The molecule has 0 aliphatic heterocycles. The van der Waals surface area contributed by atoms with Gasteiger partial charge >= 0.3 is 0 Å². The fourth-order valence-electron chi connectivity index (χ4n) is 7.09. The SMILES string of the molecule is C=C/C=C\C=C/C(C(=C)/C=C\C=C/O)(C1=C(O)C=C(c2ccc3c(c2)c2ccccc2n3C)CC1)C(C)/C(=C\C=C/C)c1ccccc1. The van der Waals surface area contributed by atoms with Crippen molar-refractivity contribution in [1.29, 1.82) is 0 Å². The topological polar surface area (TPSA) is 45.4 Å². The Hall–Kier alpha value is -5.54. The zero-order valence-electron chi connectivity index (χ0n) is 28.2. The molecule has 48 heavy (non-hydrogen) atoms. The molecule has 1 aliphatic rings. The smallest absolute Gasteiger partial charge is 0.116 e. The highest BCUT2D eigenvalue weighted by molar-refractivity contribution is 6.08. The molecule has 0 amide bonds. The number of para-hydroxylation sites is 1. The Kier molecular flexibility index (Phi) is 10.8. The fraction of sp³-hybridized carbons (Fsp3) is 0.156. The molecule has 0 saturated heterocycles. The highest BCUT2D eigenvalue weighted by atomic mass is 16.3. The highest BCUT2D eigenvalue weighted by Gasteiger charge is 2.43. The van der Waals surface area contributed by atoms with Gasteiger partial charge in [0.2, 0.25) is 0 Å². The number of allylic oxidation sites excluding steroid dienone is 16. The maximum absolute atomic E-state index is 12.1. The molecule has 3 aromatic carbocycles. The third-order valence-electron chi connectivity index (χ3n) is 9.52. The van der Waals surface area contributed by atoms with E-state index < -0.39 is 5.41 Å². The van der Waals surface area contributed by atoms with Gasteiger partial charge in [-0.15, -0.1) is 0 Å². The van der Waals surface area contributed by atoms with Crippen LogP contribution in [0.5, 0.6) is 0 Å². The van der Waals surface area contributed by atoms with Crippen molar-refractivity contribution in [2.24, 2.45) is 18.4 Å². The molecule has 2 unspecified atom stereocenters. The first-order chi connectivity index (χ1) is 23.4. The van der Waals surface area contributed by atoms with Crippen molar-refractivity contribution in [2.75, 3.05) is 0 Å². The lowest BCUT2D eigenvalue weighted by molar-refractivity contribution is 0.365. The summed E-state index contributed by atoms with van der Waals surface area (Å²) in [5, 5.41) is 23.9. The Morgan fingerprint density at radius 3 is 2.35 bits per heavy atom. The van der Waals surface area contributed by atoms with E-state index in [-0.39, 0.29) is 11.7 Å². The molecule has 3 nitrogen and oxygen atoms in total. The maximum Gasteiger partial charge on any atom is 0.116 e. The molecule has 1 aliphatic carbocycles. The van der Waals surface area contributed by atoms with Crippen LogP contribution in [0.3, 0.4) is 0 Å². The highest BCUT2D eigenvalue weighted by Crippen LogP contribution is 2.53. The van der Waals surface area contributed by atoms with E-state index in [9.17, 15) is 10.2 Å². The zero-order chi connectivity index (χ0) is 34.1. The van der Waals surface area contributed by atoms with Gasteiger partial charge in [-0.05, 0) is 89.5 Å². The van der Waals surface area contributed by atoms with Gasteiger partial charge in [0.1, 0.15) is 5.76 Å². The summed E-state index contributed by atoms with van der Waals surface area (Å²) < 4.78 is 2.23. The van der Waals surface area contributed by atoms with Crippen molar-refractivity contribution in [1.82, 2.24) is 4.57 Å². The number of rotatable bonds is 12. The third kappa shape index (κ3) is 6.63. The number of aliphatic hydroxyl groups is 2. The Bertz CT molecular complexity index is 2060. The van der Waals surface area contributed by atoms with Crippen molar-refractivity contribution < 1.29 is 10.2 Å². The van der Waals surface area contributed by atoms with Crippen molar-refractivity contribution >= 4 is 33.0 Å². The Morgan fingerprint density at radius 2 is 1.62 bits per heavy atom. The number of fused-ring (bicyclic) bond motifs is 3. The van der Waals surface area contributed by atoms with Crippen LogP contribution in [0.2, 0.25) is 0 Å². The molecule has 0 fully saturated rings. The molecule has 0 spiro atoms. The second-order valence-electron chi connectivity index (χ2n) is 12.2. The molecule has 0 bridgehead atoms. The van der Waals surface area contributed by atoms with E-state index in [0.717, 1.165) is 46.1 Å². The minimum atomic E-state index is -0.805. The lowest BCUT2D eigenvalue weighted by atomic mass is 9.60. The summed E-state index contributed by atoms with van der Waals surface area (Å²) >= 11 is 0. The Labute approximate surface area is 285 Å². The van der Waals surface area contributed by atoms with Crippen molar-refractivity contribution in [2.45, 2.75) is 26.7 Å². The number of benzene rings is 3. The van der Waals surface area contributed by atoms with Gasteiger partial charge in [-0.25, -0.2) is 0 Å². The molecule has 0 saturated carbocycles. The number of nitrogens with zero attached hydrogens (tertiary/aromatic N) is 1. The monoisotopic (exact) mass is 631 g/mol. The zero-order valence-corrected chi connectivity index (χ0v) is 28.2. The van der Waals surface area contributed by atoms with Gasteiger partial charge in [0.15, 0.2) is 0 Å². The van der Waals surface area contributed by atoms with E-state index in [1.165, 1.54) is 21.8 Å². The number of aryl methyl sites for hydroxylation is 1. The van der Waals surface area contributed by atoms with Crippen LogP contribution in [0.1, 0.15) is 37.8 Å². The first-order valence-corrected chi connectivity index (χ1v) is 16.5. The molecule has 1 heterocycles. The van der Waals surface area contributed by atoms with Gasteiger partial charge in [0, 0.05) is 34.3 Å². The van der Waals surface area contributed by atoms with Gasteiger partial charge < -0.3 is 14.8 Å². The predicted molar refractivity (Wildman–Crippen MR) is 207 cm³/mol. The van der Waals surface area contributed by atoms with E-state index in [1.54, 1.807) is 18.2 Å². The van der Waals surface area contributed by atoms with E-state index in [0.29, 0.717) is 6.42 Å². The average Bonchev–Trinajstić information content (AvgIpc) is 3.40. The molecule has 4 aromatic rings. The lowest BCUT2D eigenvalue weighted by Crippen LogP contribution is -2.33. The van der Waals surface area contributed by atoms with Crippen LogP contribution in [0.4, 0.5) is 0 Å². The summed E-state index contributed by atoms with van der Waals surface area (Å²) in [6.07, 6.45) is 25.7. The summed E-state index contributed by atoms with van der Waals surface area (Å²) in [5.74, 6) is 0.114. The second-order valence-corrected chi connectivity index (χ2v) is 12.2. The van der Waals surface area contributed by atoms with Gasteiger partial charge in [0.25, 0.3) is 0 Å². The molecule has 242 valence electrons. The number of hydrogen-bond donors (Lipinski definition) is 2. The average molecular weight is 632 g/mol. The van der Waals surface area contributed by atoms with Crippen LogP contribution in [0.15, 0.2) is 182 Å². The van der Waals surface area contributed by atoms with Crippen molar-refractivity contribution in [3.05, 3.63) is 193 Å². The standard InChI is InChI=1S/C45H45NO2/c1-6-8-10-17-29-45(33(3)19-16-18-30-47,34(4)38(22-9-7-2)35-20-12-11-13-21-35)41-27-25-37(32-44(41)48)36-26-28-43-40(31-36)39-23-14-15-24-42(39)46(43)5/h6-24,26,28-32,34,47-48H,1,3,25,27H2,2,4-5H3/b9-7-,10-8-,19-16-,29-17-,30-18-,38-22+. The summed E-state index contributed by atoms with van der Waals surface area (Å²) in [7, 11) is 2.11. The van der Waals surface area contributed by atoms with Crippen LogP contribution in [0.25, 0.3) is 33.0 Å². The molecular weight excluding hydrogens is 587 g/mol. The number of aliphatic hydroxyl groups excluding tert-OH is 2. The predicted octanol–water partition coefficient (Wildman–Crippen LogP) is 12.1. The normalized spacial score (nSPS) is 16.6. The van der Waals surface area contributed by atoms with E-state index in [1.807, 2.05) is 49.4 Å². The molecule has 0 radical (unpaired) electrons. The summed E-state index contributed by atoms with van der Waals surface area (Å²) in [4.78, 5) is 0. The summed E-state index contributed by atoms with van der Waals surface area (Å²) in [5.41, 5.74) is 7.71. The van der Waals surface area contributed by atoms with Crippen molar-refractivity contribution in [3.8, 4) is 0 Å². The second kappa shape index (κ2) is 15.4. The molecule has 5 rings (SSSR count). The first kappa shape index (κ1) is 33.8. The van der Waals surface area contributed by atoms with Crippen LogP contribution in [-0.4, -0.2) is 14.8 Å². The fourth-order valence-corrected chi connectivity index (χ4v) is 7.09. The lowest BCUT2D eigenvalue weighted by Gasteiger charge is -2.43. The quantitative estimate of drug-likeness (QED) is 0.121. The molecule has 2 atom stereocenters. The molecule has 1 aromatic heterocycles. The van der Waals surface area contributed by atoms with E-state index in [2.05, 4.69) is 117 Å². The van der Waals surface area contributed by atoms with Gasteiger partial charge in [-0.3, -0.25) is 0 Å². The minimum absolute atomic E-state index is 0.140. The Balaban J connectivity index is 1.72. The van der Waals surface area contributed by atoms with Gasteiger partial charge in [0.05, 0.1) is 6.26 Å². The number of hydrogen-bond acceptors (Lipinski definition) is 2. The largest absolute Gasteiger partial charge is 0.516 e. The van der Waals surface area contributed by atoms with Crippen LogP contribution >= 0.6 is 0 Å². The molecule has 3 heteroatoms. The number of aromatic nitrogens is 1. The van der Waals surface area contributed by atoms with E-state index in [4.69, 9.17) is 0 Å². The molecule has 2 N–H and O–H groups in total. The summed E-state index contributed by atoms with van der Waals surface area (Å²) in [6.45, 7) is 12.7. The maximum atomic E-state index is 12.1. The first-order valence-electron chi connectivity index (χ1n) is 16.5. The Morgan fingerprint density at radius 1 is 0.875 bits per heavy atom. The van der Waals surface area contributed by atoms with Crippen molar-refractivity contribution in [3.63, 3.8) is 0 Å². The third-order valence-corrected chi connectivity index (χ3v) is 9.52. The van der Waals surface area contributed by atoms with Crippen LogP contribution in [0, 0.1) is 11.3 Å². The minimum Gasteiger partial charge on any atom is -0.516 e. The molecular formula is C45H45NO2. The van der Waals surface area contributed by atoms with Gasteiger partial charge in [-0.2, -0.15) is 0 Å². The van der Waals surface area contributed by atoms with Gasteiger partial charge in [-0.1, -0.05) is 135 Å². The van der Waals surface area contributed by atoms with Crippen LogP contribution < -0.4 is 0 Å². The van der Waals surface area contributed by atoms with Crippen LogP contribution in [-0.2, 0) is 7.05 Å².